The third-order valence-corrected chi connectivity index (χ3v) is 6.49. The summed E-state index contributed by atoms with van der Waals surface area (Å²) in [6, 6.07) is 8.69. The van der Waals surface area contributed by atoms with Gasteiger partial charge in [0, 0.05) is 53.3 Å². The molecule has 0 amide bonds. The third kappa shape index (κ3) is 3.66. The van der Waals surface area contributed by atoms with Crippen molar-refractivity contribution in [2.75, 3.05) is 44.7 Å². The second kappa shape index (κ2) is 8.29. The quantitative estimate of drug-likeness (QED) is 0.506. The molecule has 1 saturated heterocycles. The number of hydrogen-bond acceptors (Lipinski definition) is 7. The molecule has 1 aliphatic heterocycles. The number of anilines is 1. The smallest absolute Gasteiger partial charge is 0.166 e. The summed E-state index contributed by atoms with van der Waals surface area (Å²) >= 11 is 1.73. The van der Waals surface area contributed by atoms with Gasteiger partial charge in [0.05, 0.1) is 19.5 Å². The molecule has 1 fully saturated rings. The molecule has 1 aromatic carbocycles. The molecule has 8 heteroatoms. The van der Waals surface area contributed by atoms with E-state index in [2.05, 4.69) is 63.3 Å². The standard InChI is InChI=1S/C22H26N6OS/c1-15(2)28-14-24-19-21(23-7-8-27-9-11-29-12-10-27)25-20(26-22(19)28)17-13-30-18-6-4-3-5-16(17)18/h3-6,13-15H,7-12H2,1-2H3,(H,23,25,26). The fourth-order valence-electron chi connectivity index (χ4n) is 3.85. The van der Waals surface area contributed by atoms with Crippen LogP contribution >= 0.6 is 11.3 Å². The highest BCUT2D eigenvalue weighted by atomic mass is 32.1. The maximum Gasteiger partial charge on any atom is 0.166 e. The number of nitrogens with one attached hydrogen (secondary N) is 1. The zero-order valence-electron chi connectivity index (χ0n) is 17.3. The maximum absolute atomic E-state index is 5.44. The Balaban J connectivity index is 1.52. The van der Waals surface area contributed by atoms with Gasteiger partial charge in [0.15, 0.2) is 17.3 Å². The molecule has 1 N–H and O–H groups in total. The van der Waals surface area contributed by atoms with Crippen molar-refractivity contribution in [2.24, 2.45) is 0 Å². The molecule has 0 unspecified atom stereocenters. The summed E-state index contributed by atoms with van der Waals surface area (Å²) in [5, 5.41) is 6.88. The molecule has 3 aromatic heterocycles. The molecule has 0 bridgehead atoms. The highest BCUT2D eigenvalue weighted by Crippen LogP contribution is 2.34. The van der Waals surface area contributed by atoms with Crippen molar-refractivity contribution in [2.45, 2.75) is 19.9 Å². The SMILES string of the molecule is CC(C)n1cnc2c(NCCN3CCOCC3)nc(-c3csc4ccccc34)nc21. The Morgan fingerprint density at radius 2 is 2.00 bits per heavy atom. The van der Waals surface area contributed by atoms with E-state index in [0.29, 0.717) is 0 Å². The van der Waals surface area contributed by atoms with Crippen molar-refractivity contribution in [1.82, 2.24) is 24.4 Å². The number of hydrogen-bond donors (Lipinski definition) is 1. The molecule has 30 heavy (non-hydrogen) atoms. The Bertz CT molecular complexity index is 1160. The van der Waals surface area contributed by atoms with Crippen LogP contribution in [0.3, 0.4) is 0 Å². The van der Waals surface area contributed by atoms with E-state index >= 15 is 0 Å². The second-order valence-electron chi connectivity index (χ2n) is 7.84. The summed E-state index contributed by atoms with van der Waals surface area (Å²) in [7, 11) is 0. The number of rotatable bonds is 6. The van der Waals surface area contributed by atoms with Crippen LogP contribution in [0.5, 0.6) is 0 Å². The first-order chi connectivity index (χ1) is 14.7. The number of morpholine rings is 1. The number of aromatic nitrogens is 4. The number of fused-ring (bicyclic) bond motifs is 2. The molecule has 0 saturated carbocycles. The van der Waals surface area contributed by atoms with E-state index in [9.17, 15) is 0 Å². The number of ether oxygens (including phenoxy) is 1. The summed E-state index contributed by atoms with van der Waals surface area (Å²) in [5.41, 5.74) is 2.78. The van der Waals surface area contributed by atoms with Gasteiger partial charge < -0.3 is 14.6 Å². The van der Waals surface area contributed by atoms with Crippen LogP contribution < -0.4 is 5.32 Å². The lowest BCUT2D eigenvalue weighted by atomic mass is 10.1. The lowest BCUT2D eigenvalue weighted by molar-refractivity contribution is 0.0398. The Hall–Kier alpha value is -2.55. The van der Waals surface area contributed by atoms with Gasteiger partial charge in [-0.1, -0.05) is 18.2 Å². The maximum atomic E-state index is 5.44. The van der Waals surface area contributed by atoms with Crippen LogP contribution in [0.1, 0.15) is 19.9 Å². The molecule has 0 aliphatic carbocycles. The fraction of sp³-hybridized carbons (Fsp3) is 0.409. The molecule has 1 aliphatic rings. The summed E-state index contributed by atoms with van der Waals surface area (Å²) in [6.07, 6.45) is 1.87. The Morgan fingerprint density at radius 3 is 2.83 bits per heavy atom. The van der Waals surface area contributed by atoms with Gasteiger partial charge in [0.2, 0.25) is 0 Å². The minimum Gasteiger partial charge on any atom is -0.379 e. The third-order valence-electron chi connectivity index (χ3n) is 5.52. The molecule has 0 radical (unpaired) electrons. The van der Waals surface area contributed by atoms with E-state index in [1.807, 2.05) is 6.33 Å². The Morgan fingerprint density at radius 1 is 1.17 bits per heavy atom. The molecule has 5 rings (SSSR count). The summed E-state index contributed by atoms with van der Waals surface area (Å²) in [5.74, 6) is 1.55. The van der Waals surface area contributed by atoms with Gasteiger partial charge in [-0.2, -0.15) is 0 Å². The van der Waals surface area contributed by atoms with E-state index in [1.165, 1.54) is 10.1 Å². The first-order valence-electron chi connectivity index (χ1n) is 10.5. The van der Waals surface area contributed by atoms with Crippen LogP contribution in [0.15, 0.2) is 36.0 Å². The zero-order chi connectivity index (χ0) is 20.5. The average Bonchev–Trinajstić information content (AvgIpc) is 3.39. The molecular formula is C22H26N6OS. The van der Waals surface area contributed by atoms with Crippen LogP contribution in [0, 0.1) is 0 Å². The van der Waals surface area contributed by atoms with E-state index in [-0.39, 0.29) is 6.04 Å². The van der Waals surface area contributed by atoms with Crippen molar-refractivity contribution in [3.63, 3.8) is 0 Å². The minimum absolute atomic E-state index is 0.276. The van der Waals surface area contributed by atoms with Gasteiger partial charge in [-0.05, 0) is 19.9 Å². The zero-order valence-corrected chi connectivity index (χ0v) is 18.2. The predicted octanol–water partition coefficient (Wildman–Crippen LogP) is 4.03. The minimum atomic E-state index is 0.276. The predicted molar refractivity (Wildman–Crippen MR) is 122 cm³/mol. The van der Waals surface area contributed by atoms with Gasteiger partial charge in [0.1, 0.15) is 5.52 Å². The number of thiophene rings is 1. The number of benzene rings is 1. The van der Waals surface area contributed by atoms with Gasteiger partial charge in [0.25, 0.3) is 0 Å². The molecule has 4 heterocycles. The molecule has 7 nitrogen and oxygen atoms in total. The normalized spacial score (nSPS) is 15.4. The summed E-state index contributed by atoms with van der Waals surface area (Å²) < 4.78 is 8.80. The van der Waals surface area contributed by atoms with Crippen molar-refractivity contribution >= 4 is 38.4 Å². The van der Waals surface area contributed by atoms with E-state index < -0.39 is 0 Å². The van der Waals surface area contributed by atoms with E-state index in [4.69, 9.17) is 14.7 Å². The average molecular weight is 423 g/mol. The monoisotopic (exact) mass is 422 g/mol. The fourth-order valence-corrected chi connectivity index (χ4v) is 4.79. The first kappa shape index (κ1) is 19.4. The van der Waals surface area contributed by atoms with Crippen LogP contribution in [0.25, 0.3) is 32.6 Å². The van der Waals surface area contributed by atoms with Gasteiger partial charge >= 0.3 is 0 Å². The second-order valence-corrected chi connectivity index (χ2v) is 8.75. The van der Waals surface area contributed by atoms with Crippen LogP contribution in [-0.2, 0) is 4.74 Å². The lowest BCUT2D eigenvalue weighted by Gasteiger charge is -2.26. The molecule has 4 aromatic rings. The van der Waals surface area contributed by atoms with Gasteiger partial charge in [-0.25, -0.2) is 15.0 Å². The van der Waals surface area contributed by atoms with Crippen LogP contribution in [-0.4, -0.2) is 63.8 Å². The highest BCUT2D eigenvalue weighted by molar-refractivity contribution is 7.17. The Labute approximate surface area is 179 Å². The van der Waals surface area contributed by atoms with Crippen molar-refractivity contribution in [3.05, 3.63) is 36.0 Å². The van der Waals surface area contributed by atoms with Crippen LogP contribution in [0.4, 0.5) is 5.82 Å². The highest BCUT2D eigenvalue weighted by Gasteiger charge is 2.18. The number of imidazole rings is 1. The lowest BCUT2D eigenvalue weighted by Crippen LogP contribution is -2.39. The molecular weight excluding hydrogens is 396 g/mol. The van der Waals surface area contributed by atoms with Crippen LogP contribution in [0.2, 0.25) is 0 Å². The van der Waals surface area contributed by atoms with Crippen molar-refractivity contribution in [3.8, 4) is 11.4 Å². The number of nitrogens with zero attached hydrogens (tertiary/aromatic N) is 5. The largest absolute Gasteiger partial charge is 0.379 e. The first-order valence-corrected chi connectivity index (χ1v) is 11.3. The topological polar surface area (TPSA) is 68.1 Å². The Kier molecular flexibility index (Phi) is 5.37. The van der Waals surface area contributed by atoms with Crippen molar-refractivity contribution < 1.29 is 4.74 Å². The summed E-state index contributed by atoms with van der Waals surface area (Å²) in [4.78, 5) is 16.9. The molecule has 0 atom stereocenters. The van der Waals surface area contributed by atoms with Gasteiger partial charge in [-0.15, -0.1) is 11.3 Å². The van der Waals surface area contributed by atoms with Crippen molar-refractivity contribution in [1.29, 1.82) is 0 Å². The molecule has 0 spiro atoms. The van der Waals surface area contributed by atoms with E-state index in [0.717, 1.165) is 67.8 Å². The summed E-state index contributed by atoms with van der Waals surface area (Å²) in [6.45, 7) is 9.64. The van der Waals surface area contributed by atoms with E-state index in [1.54, 1.807) is 11.3 Å². The molecule has 156 valence electrons. The van der Waals surface area contributed by atoms with Gasteiger partial charge in [-0.3, -0.25) is 4.90 Å².